The number of benzene rings is 6. The van der Waals surface area contributed by atoms with E-state index in [1.54, 1.807) is 0 Å². The van der Waals surface area contributed by atoms with Crippen molar-refractivity contribution in [3.63, 3.8) is 0 Å². The monoisotopic (exact) mass is 629 g/mol. The molecule has 230 valence electrons. The van der Waals surface area contributed by atoms with Crippen LogP contribution in [-0.2, 0) is 0 Å². The Balaban J connectivity index is 1.12. The molecular formula is C44H27N3O2. The fourth-order valence-electron chi connectivity index (χ4n) is 7.19. The third-order valence-corrected chi connectivity index (χ3v) is 9.43. The fourth-order valence-corrected chi connectivity index (χ4v) is 7.19. The molecule has 3 aromatic heterocycles. The maximum Gasteiger partial charge on any atom is 0.164 e. The predicted molar refractivity (Wildman–Crippen MR) is 196 cm³/mol. The number of hydrogen-bond donors (Lipinski definition) is 0. The topological polar surface area (TPSA) is 65.0 Å². The molecule has 3 heterocycles. The fraction of sp³-hybridized carbons (Fsp3) is 0.0227. The zero-order valence-electron chi connectivity index (χ0n) is 26.2. The van der Waals surface area contributed by atoms with E-state index in [0.717, 1.165) is 72.0 Å². The Bertz CT molecular complexity index is 2670. The Morgan fingerprint density at radius 3 is 1.84 bits per heavy atom. The van der Waals surface area contributed by atoms with Gasteiger partial charge in [-0.25, -0.2) is 15.0 Å². The highest BCUT2D eigenvalue weighted by Gasteiger charge is 2.28. The number of aromatic nitrogens is 3. The van der Waals surface area contributed by atoms with Crippen molar-refractivity contribution in [2.75, 3.05) is 0 Å². The summed E-state index contributed by atoms with van der Waals surface area (Å²) in [5, 5.41) is 3.31. The highest BCUT2D eigenvalue weighted by Crippen LogP contribution is 2.46. The molecule has 1 aliphatic carbocycles. The quantitative estimate of drug-likeness (QED) is 0.189. The Hall–Kier alpha value is -6.59. The summed E-state index contributed by atoms with van der Waals surface area (Å²) >= 11 is 0. The molecule has 10 rings (SSSR count). The normalized spacial score (nSPS) is 13.8. The lowest BCUT2D eigenvalue weighted by Gasteiger charge is -2.11. The molecule has 0 aliphatic heterocycles. The maximum atomic E-state index is 6.71. The first kappa shape index (κ1) is 27.5. The lowest BCUT2D eigenvalue weighted by molar-refractivity contribution is 0.601. The van der Waals surface area contributed by atoms with Crippen LogP contribution >= 0.6 is 0 Å². The van der Waals surface area contributed by atoms with Gasteiger partial charge in [-0.05, 0) is 35.4 Å². The van der Waals surface area contributed by atoms with Crippen LogP contribution in [0.4, 0.5) is 0 Å². The molecule has 0 N–H and O–H groups in total. The third-order valence-electron chi connectivity index (χ3n) is 9.43. The van der Waals surface area contributed by atoms with Crippen LogP contribution in [-0.4, -0.2) is 15.0 Å². The molecule has 0 amide bonds. The summed E-state index contributed by atoms with van der Waals surface area (Å²) in [4.78, 5) is 14.8. The molecule has 0 saturated carbocycles. The lowest BCUT2D eigenvalue weighted by atomic mass is 9.90. The van der Waals surface area contributed by atoms with Gasteiger partial charge in [-0.2, -0.15) is 0 Å². The molecule has 49 heavy (non-hydrogen) atoms. The van der Waals surface area contributed by atoms with Crippen molar-refractivity contribution in [3.05, 3.63) is 169 Å². The largest absolute Gasteiger partial charge is 0.456 e. The summed E-state index contributed by atoms with van der Waals surface area (Å²) in [5.41, 5.74) is 9.92. The minimum atomic E-state index is 0.0381. The zero-order valence-corrected chi connectivity index (χ0v) is 26.2. The van der Waals surface area contributed by atoms with E-state index in [4.69, 9.17) is 23.8 Å². The average Bonchev–Trinajstić information content (AvgIpc) is 3.87. The lowest BCUT2D eigenvalue weighted by Crippen LogP contribution is -2.00. The predicted octanol–water partition coefficient (Wildman–Crippen LogP) is 11.3. The van der Waals surface area contributed by atoms with E-state index in [1.807, 2.05) is 72.8 Å². The van der Waals surface area contributed by atoms with Gasteiger partial charge < -0.3 is 8.83 Å². The first-order valence-electron chi connectivity index (χ1n) is 16.4. The van der Waals surface area contributed by atoms with Crippen molar-refractivity contribution in [2.24, 2.45) is 0 Å². The first-order valence-corrected chi connectivity index (χ1v) is 16.4. The Morgan fingerprint density at radius 2 is 1.06 bits per heavy atom. The first-order chi connectivity index (χ1) is 24.3. The molecule has 0 saturated heterocycles. The third kappa shape index (κ3) is 4.51. The van der Waals surface area contributed by atoms with Crippen molar-refractivity contribution < 1.29 is 8.83 Å². The van der Waals surface area contributed by atoms with E-state index in [1.165, 1.54) is 5.56 Å². The highest BCUT2D eigenvalue weighted by atomic mass is 16.3. The van der Waals surface area contributed by atoms with Crippen LogP contribution in [0.3, 0.4) is 0 Å². The minimum Gasteiger partial charge on any atom is -0.456 e. The molecule has 1 unspecified atom stereocenters. The van der Waals surface area contributed by atoms with Crippen LogP contribution in [0.2, 0.25) is 0 Å². The molecule has 6 aromatic carbocycles. The Labute approximate surface area is 281 Å². The Morgan fingerprint density at radius 1 is 0.469 bits per heavy atom. The summed E-state index contributed by atoms with van der Waals surface area (Å²) in [6, 6.07) is 49.6. The second-order valence-corrected chi connectivity index (χ2v) is 12.3. The van der Waals surface area contributed by atoms with Crippen molar-refractivity contribution in [1.29, 1.82) is 0 Å². The number of furan rings is 2. The number of allylic oxidation sites excluding steroid dienone is 1. The summed E-state index contributed by atoms with van der Waals surface area (Å²) in [6.07, 6.45) is 4.31. The molecule has 5 nitrogen and oxygen atoms in total. The van der Waals surface area contributed by atoms with E-state index >= 15 is 0 Å². The number of nitrogens with zero attached hydrogens (tertiary/aromatic N) is 3. The smallest absolute Gasteiger partial charge is 0.164 e. The van der Waals surface area contributed by atoms with Crippen molar-refractivity contribution in [1.82, 2.24) is 15.0 Å². The zero-order chi connectivity index (χ0) is 32.3. The molecule has 0 bridgehead atoms. The molecule has 1 atom stereocenters. The average molecular weight is 630 g/mol. The number of fused-ring (bicyclic) bond motifs is 6. The number of para-hydroxylation sites is 2. The van der Waals surface area contributed by atoms with Crippen LogP contribution < -0.4 is 0 Å². The van der Waals surface area contributed by atoms with Crippen LogP contribution in [0, 0.1) is 0 Å². The number of hydrogen-bond acceptors (Lipinski definition) is 5. The van der Waals surface area contributed by atoms with E-state index in [0.29, 0.717) is 17.5 Å². The van der Waals surface area contributed by atoms with Gasteiger partial charge in [-0.3, -0.25) is 0 Å². The van der Waals surface area contributed by atoms with E-state index < -0.39 is 0 Å². The molecule has 0 fully saturated rings. The van der Waals surface area contributed by atoms with Crippen LogP contribution in [0.15, 0.2) is 161 Å². The SMILES string of the molecule is C1=CC(c2cccc3c2oc2cccc(-c4cccc(-c5nc(-c6ccccc6)nc(-c6ccccc6)n5)c4)c23)c2c1oc1ccccc21. The van der Waals surface area contributed by atoms with Gasteiger partial charge in [0.2, 0.25) is 0 Å². The summed E-state index contributed by atoms with van der Waals surface area (Å²) in [6.45, 7) is 0. The van der Waals surface area contributed by atoms with Crippen molar-refractivity contribution in [3.8, 4) is 45.3 Å². The summed E-state index contributed by atoms with van der Waals surface area (Å²) in [5.74, 6) is 2.86. The van der Waals surface area contributed by atoms with Gasteiger partial charge in [0, 0.05) is 49.9 Å². The highest BCUT2D eigenvalue weighted by molar-refractivity contribution is 6.13. The van der Waals surface area contributed by atoms with E-state index in [9.17, 15) is 0 Å². The van der Waals surface area contributed by atoms with Gasteiger partial charge in [0.1, 0.15) is 22.5 Å². The second-order valence-electron chi connectivity index (χ2n) is 12.3. The Kier molecular flexibility index (Phi) is 6.18. The van der Waals surface area contributed by atoms with Crippen LogP contribution in [0.5, 0.6) is 0 Å². The van der Waals surface area contributed by atoms with Gasteiger partial charge in [0.15, 0.2) is 17.5 Å². The van der Waals surface area contributed by atoms with Crippen molar-refractivity contribution >= 4 is 39.0 Å². The van der Waals surface area contributed by atoms with Crippen molar-refractivity contribution in [2.45, 2.75) is 5.92 Å². The standard InChI is InChI=1S/C44H27N3O2/c1-3-12-27(13-4-1)42-45-43(28-14-5-2-6-15-28)47-44(46-42)30-17-9-16-29(26-30)31-19-11-23-37-39(31)35-21-10-20-33(41(35)49-37)32-24-25-38-40(32)34-18-7-8-22-36(34)48-38/h1-26,32H. The summed E-state index contributed by atoms with van der Waals surface area (Å²) < 4.78 is 12.9. The van der Waals surface area contributed by atoms with Crippen LogP contribution in [0.1, 0.15) is 22.8 Å². The van der Waals surface area contributed by atoms with Gasteiger partial charge >= 0.3 is 0 Å². The molecule has 9 aromatic rings. The van der Waals surface area contributed by atoms with Crippen LogP contribution in [0.25, 0.3) is 84.3 Å². The van der Waals surface area contributed by atoms with Gasteiger partial charge in [-0.15, -0.1) is 0 Å². The molecule has 0 radical (unpaired) electrons. The second kappa shape index (κ2) is 11.0. The van der Waals surface area contributed by atoms with Gasteiger partial charge in [0.25, 0.3) is 0 Å². The van der Waals surface area contributed by atoms with E-state index in [-0.39, 0.29) is 5.92 Å². The number of rotatable bonds is 5. The molecule has 0 spiro atoms. The molecule has 5 heteroatoms. The maximum absolute atomic E-state index is 6.71. The molecule has 1 aliphatic rings. The van der Waals surface area contributed by atoms with Gasteiger partial charge in [-0.1, -0.05) is 133 Å². The van der Waals surface area contributed by atoms with E-state index in [2.05, 4.69) is 84.9 Å². The van der Waals surface area contributed by atoms with Gasteiger partial charge in [0.05, 0.1) is 0 Å². The minimum absolute atomic E-state index is 0.0381. The summed E-state index contributed by atoms with van der Waals surface area (Å²) in [7, 11) is 0. The molecular weight excluding hydrogens is 603 g/mol.